The van der Waals surface area contributed by atoms with Gasteiger partial charge in [0.15, 0.2) is 34.6 Å². The molecule has 12 heteroatoms. The molecule has 0 amide bonds. The van der Waals surface area contributed by atoms with E-state index in [2.05, 4.69) is 0 Å². The number of unbranched alkanes of at least 4 members (excludes halogenated alkanes) is 1. The minimum absolute atomic E-state index is 0.0631. The molecule has 2 aromatic carbocycles. The van der Waals surface area contributed by atoms with Crippen LogP contribution in [0.5, 0.6) is 23.0 Å². The van der Waals surface area contributed by atoms with Gasteiger partial charge in [-0.2, -0.15) is 0 Å². The van der Waals surface area contributed by atoms with Crippen molar-refractivity contribution >= 4 is 66.4 Å². The predicted octanol–water partition coefficient (Wildman–Crippen LogP) is 6.96. The summed E-state index contributed by atoms with van der Waals surface area (Å²) >= 11 is 2.59. The number of carboxylic acid groups (broad SMARTS) is 2. The molecule has 4 aromatic rings. The minimum Gasteiger partial charge on any atom is -0.493 e. The highest BCUT2D eigenvalue weighted by atomic mass is 32.1. The van der Waals surface area contributed by atoms with Crippen LogP contribution in [0.3, 0.4) is 0 Å². The lowest BCUT2D eigenvalue weighted by atomic mass is 10.0. The van der Waals surface area contributed by atoms with E-state index in [-0.39, 0.29) is 24.4 Å². The molecule has 44 heavy (non-hydrogen) atoms. The topological polar surface area (TPSA) is 146 Å². The summed E-state index contributed by atoms with van der Waals surface area (Å²) in [5.41, 5.74) is 0. The van der Waals surface area contributed by atoms with E-state index in [4.69, 9.17) is 29.2 Å². The molecule has 0 saturated carbocycles. The molecule has 234 valence electrons. The van der Waals surface area contributed by atoms with Crippen LogP contribution in [-0.4, -0.2) is 61.2 Å². The summed E-state index contributed by atoms with van der Waals surface area (Å²) < 4.78 is 24.7. The maximum Gasteiger partial charge on any atom is 0.306 e. The van der Waals surface area contributed by atoms with Gasteiger partial charge in [-0.25, -0.2) is 0 Å². The molecule has 0 aliphatic rings. The fourth-order valence-corrected chi connectivity index (χ4v) is 6.46. The van der Waals surface area contributed by atoms with Gasteiger partial charge in [0.25, 0.3) is 0 Å². The molecule has 0 saturated heterocycles. The Kier molecular flexibility index (Phi) is 10.8. The van der Waals surface area contributed by atoms with Crippen molar-refractivity contribution in [1.82, 2.24) is 0 Å². The van der Waals surface area contributed by atoms with Crippen molar-refractivity contribution < 1.29 is 48.3 Å². The fraction of sp³-hybridized carbons (Fsp3) is 0.375. The summed E-state index contributed by atoms with van der Waals surface area (Å²) in [4.78, 5) is 48.4. The van der Waals surface area contributed by atoms with Gasteiger partial charge in [0.2, 0.25) is 0 Å². The first kappa shape index (κ1) is 32.7. The van der Waals surface area contributed by atoms with Crippen LogP contribution in [0.25, 0.3) is 20.2 Å². The normalized spacial score (nSPS) is 12.5. The first-order valence-electron chi connectivity index (χ1n) is 14.0. The largest absolute Gasteiger partial charge is 0.493 e. The summed E-state index contributed by atoms with van der Waals surface area (Å²) in [5.74, 6) is -1.77. The van der Waals surface area contributed by atoms with Gasteiger partial charge in [-0.15, -0.1) is 22.7 Å². The van der Waals surface area contributed by atoms with Gasteiger partial charge in [0.1, 0.15) is 0 Å². The number of ketones is 2. The van der Waals surface area contributed by atoms with Crippen LogP contribution in [-0.2, 0) is 9.59 Å². The zero-order valence-corrected chi connectivity index (χ0v) is 26.5. The number of methoxy groups -OCH3 is 2. The number of hydrogen-bond donors (Lipinski definition) is 2. The van der Waals surface area contributed by atoms with Gasteiger partial charge >= 0.3 is 11.9 Å². The number of hydrogen-bond acceptors (Lipinski definition) is 10. The van der Waals surface area contributed by atoms with E-state index in [1.165, 1.54) is 36.5 Å². The number of ether oxygens (including phenoxy) is 4. The van der Waals surface area contributed by atoms with Gasteiger partial charge in [-0.05, 0) is 47.9 Å². The smallest absolute Gasteiger partial charge is 0.306 e. The first-order chi connectivity index (χ1) is 21.0. The van der Waals surface area contributed by atoms with Crippen molar-refractivity contribution in [3.63, 3.8) is 0 Å². The first-order valence-corrected chi connectivity index (χ1v) is 15.6. The molecule has 4 rings (SSSR count). The highest BCUT2D eigenvalue weighted by Crippen LogP contribution is 2.38. The summed E-state index contributed by atoms with van der Waals surface area (Å²) in [5, 5.41) is 19.9. The van der Waals surface area contributed by atoms with E-state index in [0.717, 1.165) is 20.2 Å². The monoisotopic (exact) mass is 642 g/mol. The van der Waals surface area contributed by atoms with Crippen molar-refractivity contribution in [3.8, 4) is 23.0 Å². The van der Waals surface area contributed by atoms with E-state index < -0.39 is 23.8 Å². The van der Waals surface area contributed by atoms with Crippen LogP contribution in [0.4, 0.5) is 0 Å². The summed E-state index contributed by atoms with van der Waals surface area (Å²) in [6.07, 6.45) is 1.25. The highest BCUT2D eigenvalue weighted by Gasteiger charge is 2.21. The molecule has 2 aromatic heterocycles. The van der Waals surface area contributed by atoms with E-state index in [0.29, 0.717) is 58.8 Å². The van der Waals surface area contributed by atoms with Crippen LogP contribution < -0.4 is 18.9 Å². The van der Waals surface area contributed by atoms with Crippen molar-refractivity contribution in [2.24, 2.45) is 11.8 Å². The second-order valence-corrected chi connectivity index (χ2v) is 12.6. The molecule has 2 atom stereocenters. The van der Waals surface area contributed by atoms with Crippen molar-refractivity contribution in [3.05, 3.63) is 46.2 Å². The fourth-order valence-electron chi connectivity index (χ4n) is 4.41. The van der Waals surface area contributed by atoms with E-state index >= 15 is 0 Å². The summed E-state index contributed by atoms with van der Waals surface area (Å²) in [6, 6.07) is 10.8. The zero-order valence-electron chi connectivity index (χ0n) is 24.8. The Balaban J connectivity index is 1.33. The Bertz CT molecular complexity index is 1560. The van der Waals surface area contributed by atoms with Gasteiger partial charge in [-0.1, -0.05) is 13.8 Å². The Hall–Kier alpha value is -4.16. The SMILES string of the molecule is COc1cc2sc(C(=O)C[C@H](C)C(=O)O)cc2cc1OCCCCOc1cc2sc(C(=O)C[C@H](C)C(=O)O)cc2cc1OC. The van der Waals surface area contributed by atoms with Gasteiger partial charge in [0, 0.05) is 34.4 Å². The molecular weight excluding hydrogens is 608 g/mol. The van der Waals surface area contributed by atoms with Crippen LogP contribution in [0, 0.1) is 11.8 Å². The molecule has 0 unspecified atom stereocenters. The standard InChI is InChI=1S/C32H34O10S2/c1-17(31(35)36)9-21(33)29-13-19-11-23(39-3)26(16-28(19)44-29)42-8-6-5-7-41-25-12-20-14-30(22(34)10-18(2)32(37)38)43-27(20)15-24(25)40-4/h11-18H,5-10H2,1-4H3,(H,35,36)(H,37,38)/t17-,18-/m0/s1. The molecule has 0 bridgehead atoms. The zero-order chi connectivity index (χ0) is 32.0. The predicted molar refractivity (Wildman–Crippen MR) is 168 cm³/mol. The summed E-state index contributed by atoms with van der Waals surface area (Å²) in [7, 11) is 3.09. The van der Waals surface area contributed by atoms with Crippen molar-refractivity contribution in [2.45, 2.75) is 39.5 Å². The average molecular weight is 643 g/mol. The average Bonchev–Trinajstić information content (AvgIpc) is 3.61. The summed E-state index contributed by atoms with van der Waals surface area (Å²) in [6.45, 7) is 3.83. The van der Waals surface area contributed by atoms with Crippen LogP contribution in [0.2, 0.25) is 0 Å². The molecule has 10 nitrogen and oxygen atoms in total. The van der Waals surface area contributed by atoms with Crippen LogP contribution in [0.1, 0.15) is 58.9 Å². The van der Waals surface area contributed by atoms with E-state index in [1.54, 1.807) is 32.4 Å². The van der Waals surface area contributed by atoms with Crippen molar-refractivity contribution in [1.29, 1.82) is 0 Å². The molecule has 0 fully saturated rings. The Labute approximate surface area is 262 Å². The number of fused-ring (bicyclic) bond motifs is 2. The third kappa shape index (κ3) is 7.86. The molecule has 0 spiro atoms. The number of aliphatic carboxylic acids is 2. The minimum atomic E-state index is -1.00. The van der Waals surface area contributed by atoms with Crippen LogP contribution in [0.15, 0.2) is 36.4 Å². The molecule has 0 radical (unpaired) electrons. The number of carboxylic acids is 2. The third-order valence-corrected chi connectivity index (χ3v) is 9.31. The van der Waals surface area contributed by atoms with Gasteiger partial charge < -0.3 is 29.2 Å². The molecular formula is C32H34O10S2. The Morgan fingerprint density at radius 1 is 0.636 bits per heavy atom. The van der Waals surface area contributed by atoms with Gasteiger partial charge in [0.05, 0.1) is 49.0 Å². The number of rotatable bonds is 17. The highest BCUT2D eigenvalue weighted by molar-refractivity contribution is 7.21. The number of benzene rings is 2. The van der Waals surface area contributed by atoms with Crippen LogP contribution >= 0.6 is 22.7 Å². The Morgan fingerprint density at radius 3 is 1.45 bits per heavy atom. The Morgan fingerprint density at radius 2 is 1.02 bits per heavy atom. The van der Waals surface area contributed by atoms with Gasteiger partial charge in [-0.3, -0.25) is 19.2 Å². The quantitative estimate of drug-likeness (QED) is 0.0916. The second-order valence-electron chi connectivity index (χ2n) is 10.4. The third-order valence-electron chi connectivity index (χ3n) is 7.03. The lowest BCUT2D eigenvalue weighted by Crippen LogP contribution is -2.13. The van der Waals surface area contributed by atoms with Crippen molar-refractivity contribution in [2.75, 3.05) is 27.4 Å². The van der Waals surface area contributed by atoms with E-state index in [1.807, 2.05) is 18.2 Å². The maximum absolute atomic E-state index is 12.6. The number of carbonyl (C=O) groups is 4. The number of thiophene rings is 2. The lowest BCUT2D eigenvalue weighted by molar-refractivity contribution is -0.141. The second kappa shape index (κ2) is 14.5. The maximum atomic E-state index is 12.6. The molecule has 2 N–H and O–H groups in total. The van der Waals surface area contributed by atoms with E-state index in [9.17, 15) is 19.2 Å². The number of carbonyl (C=O) groups excluding carboxylic acids is 2. The molecule has 2 heterocycles. The number of Topliss-reactive ketones (excluding diaryl/α,β-unsaturated/α-hetero) is 2. The molecule has 0 aliphatic carbocycles. The molecule has 0 aliphatic heterocycles. The lowest BCUT2D eigenvalue weighted by Gasteiger charge is -2.12.